The molecule has 0 heterocycles. The Kier molecular flexibility index (Phi) is 15.7. The van der Waals surface area contributed by atoms with E-state index in [1.54, 1.807) is 0 Å². The van der Waals surface area contributed by atoms with E-state index in [0.29, 0.717) is 5.88 Å². The summed E-state index contributed by atoms with van der Waals surface area (Å²) in [6, 6.07) is 0. The van der Waals surface area contributed by atoms with E-state index in [4.69, 9.17) is 11.6 Å². The summed E-state index contributed by atoms with van der Waals surface area (Å²) in [5.74, 6) is 0.705. The van der Waals surface area contributed by atoms with E-state index in [9.17, 15) is 0 Å². The second kappa shape index (κ2) is 9.36. The van der Waals surface area contributed by atoms with Crippen LogP contribution in [0.4, 0.5) is 0 Å². The van der Waals surface area contributed by atoms with Crippen LogP contribution in [0, 0.1) is 0 Å². The van der Waals surface area contributed by atoms with Crippen molar-refractivity contribution in [3.05, 3.63) is 0 Å². The summed E-state index contributed by atoms with van der Waals surface area (Å²) in [7, 11) is 1.88. The fourth-order valence-corrected chi connectivity index (χ4v) is 0.283. The molecular formula is C3H9ClIN. The van der Waals surface area contributed by atoms with Crippen LogP contribution in [0.15, 0.2) is 0 Å². The minimum absolute atomic E-state index is 0. The maximum absolute atomic E-state index is 5.24. The standard InChI is InChI=1S/C3H8ClN.HI/c1-5-3-2-4;/h5H,2-3H2,1H3;1H. The average molecular weight is 221 g/mol. The normalized spacial score (nSPS) is 7.00. The fourth-order valence-electron chi connectivity index (χ4n) is 0.0945. The Labute approximate surface area is 60.5 Å². The average Bonchev–Trinajstić information content (AvgIpc) is 1.41. The molecule has 0 aromatic carbocycles. The van der Waals surface area contributed by atoms with E-state index in [1.807, 2.05) is 7.05 Å². The predicted octanol–water partition coefficient (Wildman–Crippen LogP) is 1.06. The van der Waals surface area contributed by atoms with Crippen molar-refractivity contribution in [2.24, 2.45) is 0 Å². The third-order valence-corrected chi connectivity index (χ3v) is 0.533. The molecule has 0 amide bonds. The fraction of sp³-hybridized carbons (Fsp3) is 1.00. The lowest BCUT2D eigenvalue weighted by Crippen LogP contribution is -2.07. The molecule has 0 unspecified atom stereocenters. The molecule has 0 rings (SSSR count). The molecule has 40 valence electrons. The van der Waals surface area contributed by atoms with Crippen molar-refractivity contribution in [2.45, 2.75) is 0 Å². The Morgan fingerprint density at radius 2 is 2.17 bits per heavy atom. The maximum atomic E-state index is 5.24. The summed E-state index contributed by atoms with van der Waals surface area (Å²) in [5.41, 5.74) is 0. The van der Waals surface area contributed by atoms with E-state index in [1.165, 1.54) is 0 Å². The molecule has 1 nitrogen and oxygen atoms in total. The van der Waals surface area contributed by atoms with Crippen molar-refractivity contribution in [1.29, 1.82) is 0 Å². The number of hydrogen-bond donors (Lipinski definition) is 1. The van der Waals surface area contributed by atoms with Crippen LogP contribution in [0.2, 0.25) is 0 Å². The molecule has 0 aliphatic carbocycles. The lowest BCUT2D eigenvalue weighted by atomic mass is 10.8. The number of rotatable bonds is 2. The molecule has 3 heteroatoms. The van der Waals surface area contributed by atoms with Crippen molar-refractivity contribution < 1.29 is 0 Å². The minimum Gasteiger partial charge on any atom is -0.319 e. The Morgan fingerprint density at radius 3 is 2.17 bits per heavy atom. The predicted molar refractivity (Wildman–Crippen MR) is 40.1 cm³/mol. The molecule has 0 aliphatic rings. The van der Waals surface area contributed by atoms with Gasteiger partial charge in [-0.3, -0.25) is 0 Å². The molecule has 0 aromatic rings. The second-order valence-corrected chi connectivity index (χ2v) is 1.17. The molecule has 0 atom stereocenters. The number of halogens is 2. The van der Waals surface area contributed by atoms with Gasteiger partial charge in [-0.05, 0) is 7.05 Å². The molecule has 0 bridgehead atoms. The molecule has 0 aromatic heterocycles. The summed E-state index contributed by atoms with van der Waals surface area (Å²) in [6.45, 7) is 0.904. The highest BCUT2D eigenvalue weighted by Crippen LogP contribution is 1.64. The molecule has 0 saturated carbocycles. The summed E-state index contributed by atoms with van der Waals surface area (Å²) in [4.78, 5) is 0. The Morgan fingerprint density at radius 1 is 1.67 bits per heavy atom. The highest BCUT2D eigenvalue weighted by Gasteiger charge is 1.67. The molecule has 0 aliphatic heterocycles. The van der Waals surface area contributed by atoms with Crippen molar-refractivity contribution in [3.63, 3.8) is 0 Å². The summed E-state index contributed by atoms with van der Waals surface area (Å²) in [6.07, 6.45) is 0. The van der Waals surface area contributed by atoms with E-state index >= 15 is 0 Å². The third-order valence-electron chi connectivity index (χ3n) is 0.344. The van der Waals surface area contributed by atoms with E-state index in [-0.39, 0.29) is 24.0 Å². The zero-order valence-electron chi connectivity index (χ0n) is 3.70. The molecule has 6 heavy (non-hydrogen) atoms. The zero-order chi connectivity index (χ0) is 4.12. The summed E-state index contributed by atoms with van der Waals surface area (Å²) in [5, 5.41) is 2.89. The molecule has 0 radical (unpaired) electrons. The lowest BCUT2D eigenvalue weighted by Gasteiger charge is -1.82. The SMILES string of the molecule is CNCCCl.I. The first-order chi connectivity index (χ1) is 2.41. The minimum atomic E-state index is 0. The zero-order valence-corrected chi connectivity index (χ0v) is 6.79. The van der Waals surface area contributed by atoms with Crippen LogP contribution in [0.1, 0.15) is 0 Å². The molecule has 0 fully saturated rings. The first kappa shape index (κ1) is 10.1. The van der Waals surface area contributed by atoms with Gasteiger partial charge >= 0.3 is 0 Å². The first-order valence-electron chi connectivity index (χ1n) is 1.62. The molecule has 0 spiro atoms. The van der Waals surface area contributed by atoms with Crippen LogP contribution in [0.25, 0.3) is 0 Å². The van der Waals surface area contributed by atoms with Gasteiger partial charge in [0.05, 0.1) is 0 Å². The smallest absolute Gasteiger partial charge is 0.0348 e. The highest BCUT2D eigenvalue weighted by atomic mass is 127. The second-order valence-electron chi connectivity index (χ2n) is 0.793. The number of hydrogen-bond acceptors (Lipinski definition) is 1. The monoisotopic (exact) mass is 221 g/mol. The Bertz CT molecular complexity index is 18.3. The van der Waals surface area contributed by atoms with E-state index < -0.39 is 0 Å². The highest BCUT2D eigenvalue weighted by molar-refractivity contribution is 14.0. The van der Waals surface area contributed by atoms with Crippen LogP contribution < -0.4 is 5.32 Å². The van der Waals surface area contributed by atoms with Gasteiger partial charge in [-0.15, -0.1) is 35.6 Å². The van der Waals surface area contributed by atoms with Gasteiger partial charge in [0.25, 0.3) is 0 Å². The number of nitrogens with one attached hydrogen (secondary N) is 1. The summed E-state index contributed by atoms with van der Waals surface area (Å²) < 4.78 is 0. The Hall–Kier alpha value is 0.980. The van der Waals surface area contributed by atoms with Gasteiger partial charge in [-0.25, -0.2) is 0 Å². The van der Waals surface area contributed by atoms with E-state index in [0.717, 1.165) is 6.54 Å². The van der Waals surface area contributed by atoms with Gasteiger partial charge in [0.1, 0.15) is 0 Å². The van der Waals surface area contributed by atoms with Crippen LogP contribution in [-0.4, -0.2) is 19.5 Å². The largest absolute Gasteiger partial charge is 0.319 e. The van der Waals surface area contributed by atoms with Gasteiger partial charge in [0.2, 0.25) is 0 Å². The van der Waals surface area contributed by atoms with Crippen LogP contribution in [0.5, 0.6) is 0 Å². The van der Waals surface area contributed by atoms with Gasteiger partial charge in [-0.1, -0.05) is 0 Å². The van der Waals surface area contributed by atoms with Crippen LogP contribution in [0.3, 0.4) is 0 Å². The number of alkyl halides is 1. The summed E-state index contributed by atoms with van der Waals surface area (Å²) >= 11 is 5.24. The quantitative estimate of drug-likeness (QED) is 0.543. The van der Waals surface area contributed by atoms with Gasteiger partial charge < -0.3 is 5.32 Å². The first-order valence-corrected chi connectivity index (χ1v) is 2.16. The Balaban J connectivity index is 0. The molecule has 0 saturated heterocycles. The molecular weight excluding hydrogens is 212 g/mol. The van der Waals surface area contributed by atoms with Crippen molar-refractivity contribution >= 4 is 35.6 Å². The van der Waals surface area contributed by atoms with Gasteiger partial charge in [0, 0.05) is 12.4 Å². The van der Waals surface area contributed by atoms with E-state index in [2.05, 4.69) is 5.32 Å². The third kappa shape index (κ3) is 8.88. The molecule has 1 N–H and O–H groups in total. The van der Waals surface area contributed by atoms with Gasteiger partial charge in [0.15, 0.2) is 0 Å². The van der Waals surface area contributed by atoms with Crippen molar-refractivity contribution in [2.75, 3.05) is 19.5 Å². The van der Waals surface area contributed by atoms with Crippen LogP contribution in [-0.2, 0) is 0 Å². The van der Waals surface area contributed by atoms with Gasteiger partial charge in [-0.2, -0.15) is 0 Å². The maximum Gasteiger partial charge on any atom is 0.0348 e. The topological polar surface area (TPSA) is 12.0 Å². The lowest BCUT2D eigenvalue weighted by molar-refractivity contribution is 0.869. The van der Waals surface area contributed by atoms with Crippen molar-refractivity contribution in [3.8, 4) is 0 Å². The van der Waals surface area contributed by atoms with Crippen molar-refractivity contribution in [1.82, 2.24) is 5.32 Å². The van der Waals surface area contributed by atoms with Crippen LogP contribution >= 0.6 is 35.6 Å².